The first-order valence-electron chi connectivity index (χ1n) is 11.0. The minimum atomic E-state index is -4.09. The van der Waals surface area contributed by atoms with Crippen molar-refractivity contribution in [3.05, 3.63) is 62.9 Å². The Morgan fingerprint density at radius 2 is 1.91 bits per heavy atom. The second-order valence-corrected chi connectivity index (χ2v) is 10.4. The third kappa shape index (κ3) is 3.72. The van der Waals surface area contributed by atoms with Crippen LogP contribution in [0.2, 0.25) is 0 Å². The highest BCUT2D eigenvalue weighted by Crippen LogP contribution is 2.55. The van der Waals surface area contributed by atoms with Crippen LogP contribution in [0.15, 0.2) is 51.0 Å². The summed E-state index contributed by atoms with van der Waals surface area (Å²) in [5.41, 5.74) is -1.93. The Labute approximate surface area is 195 Å². The van der Waals surface area contributed by atoms with E-state index in [1.807, 2.05) is 6.92 Å². The molecule has 1 N–H and O–H groups in total. The number of rotatable bonds is 5. The second kappa shape index (κ2) is 8.18. The van der Waals surface area contributed by atoms with Crippen LogP contribution < -0.4 is 11.2 Å². The van der Waals surface area contributed by atoms with Crippen LogP contribution in [-0.4, -0.2) is 48.2 Å². The fourth-order valence-corrected chi connectivity index (χ4v) is 5.77. The van der Waals surface area contributed by atoms with Crippen LogP contribution in [0.5, 0.6) is 0 Å². The lowest BCUT2D eigenvalue weighted by Crippen LogP contribution is -2.47. The summed E-state index contributed by atoms with van der Waals surface area (Å²) in [5, 5.41) is 0. The van der Waals surface area contributed by atoms with Crippen molar-refractivity contribution in [2.75, 3.05) is 6.61 Å². The second-order valence-electron chi connectivity index (χ2n) is 8.79. The molecule has 1 aliphatic carbocycles. The van der Waals surface area contributed by atoms with Gasteiger partial charge in [0.15, 0.2) is 12.0 Å². The average Bonchev–Trinajstić information content (AvgIpc) is 3.47. The highest BCUT2D eigenvalue weighted by Gasteiger charge is 2.69. The topological polar surface area (TPSA) is 126 Å². The largest absolute Gasteiger partial charge is 0.345 e. The van der Waals surface area contributed by atoms with Crippen LogP contribution in [-0.2, 0) is 28.5 Å². The SMILES string of the molecule is C#C[C@@]12OC3(CCCC3)O[C@@H]1[C@@H](COS(=O)(=O)c1ccc(C)cc1)O[C@H]2n1ccc(=O)[nH]c1=O. The molecule has 180 valence electrons. The number of terminal acetylenes is 1. The number of nitrogens with zero attached hydrogens (tertiary/aromatic N) is 1. The number of aryl methyl sites for hydroxylation is 1. The predicted molar refractivity (Wildman–Crippen MR) is 118 cm³/mol. The van der Waals surface area contributed by atoms with Gasteiger partial charge in [-0.05, 0) is 31.9 Å². The van der Waals surface area contributed by atoms with Gasteiger partial charge < -0.3 is 14.2 Å². The molecule has 1 aromatic carbocycles. The molecule has 2 aliphatic heterocycles. The number of aromatic amines is 1. The number of nitrogens with one attached hydrogen (secondary N) is 1. The number of hydrogen-bond acceptors (Lipinski definition) is 8. The highest BCUT2D eigenvalue weighted by molar-refractivity contribution is 7.86. The van der Waals surface area contributed by atoms with E-state index in [1.165, 1.54) is 18.3 Å². The van der Waals surface area contributed by atoms with Gasteiger partial charge in [-0.3, -0.25) is 18.5 Å². The van der Waals surface area contributed by atoms with Crippen LogP contribution in [0.25, 0.3) is 0 Å². The van der Waals surface area contributed by atoms with E-state index in [9.17, 15) is 18.0 Å². The Balaban J connectivity index is 1.48. The summed E-state index contributed by atoms with van der Waals surface area (Å²) < 4.78 is 50.6. The molecule has 0 unspecified atom stereocenters. The zero-order valence-electron chi connectivity index (χ0n) is 18.4. The molecule has 1 aromatic heterocycles. The summed E-state index contributed by atoms with van der Waals surface area (Å²) >= 11 is 0. The van der Waals surface area contributed by atoms with Crippen molar-refractivity contribution in [2.45, 2.75) is 67.3 Å². The molecule has 1 saturated carbocycles. The number of H-pyrrole nitrogens is 1. The Kier molecular flexibility index (Phi) is 5.54. The number of aromatic nitrogens is 2. The van der Waals surface area contributed by atoms with E-state index in [1.54, 1.807) is 12.1 Å². The van der Waals surface area contributed by atoms with Gasteiger partial charge in [-0.2, -0.15) is 8.42 Å². The Bertz CT molecular complexity index is 1350. The normalized spacial score (nSPS) is 29.8. The van der Waals surface area contributed by atoms with Crippen LogP contribution in [0.3, 0.4) is 0 Å². The monoisotopic (exact) mass is 488 g/mol. The Hall–Kier alpha value is -2.75. The quantitative estimate of drug-likeness (QED) is 0.492. The van der Waals surface area contributed by atoms with Crippen molar-refractivity contribution in [3.63, 3.8) is 0 Å². The fourth-order valence-electron chi connectivity index (χ4n) is 4.85. The summed E-state index contributed by atoms with van der Waals surface area (Å²) in [5.74, 6) is 1.67. The van der Waals surface area contributed by atoms with Crippen molar-refractivity contribution in [1.82, 2.24) is 9.55 Å². The fraction of sp³-hybridized carbons (Fsp3) is 0.478. The first kappa shape index (κ1) is 23.0. The molecule has 0 radical (unpaired) electrons. The van der Waals surface area contributed by atoms with Crippen molar-refractivity contribution in [1.29, 1.82) is 0 Å². The van der Waals surface area contributed by atoms with Gasteiger partial charge in [0.2, 0.25) is 5.60 Å². The molecule has 0 amide bonds. The lowest BCUT2D eigenvalue weighted by Gasteiger charge is -2.30. The molecular weight excluding hydrogens is 464 g/mol. The molecule has 1 spiro atoms. The Morgan fingerprint density at radius 3 is 2.56 bits per heavy atom. The zero-order chi connectivity index (χ0) is 24.1. The first-order chi connectivity index (χ1) is 16.2. The molecule has 3 heterocycles. The van der Waals surface area contributed by atoms with Gasteiger partial charge in [0, 0.05) is 25.1 Å². The Morgan fingerprint density at radius 1 is 1.21 bits per heavy atom. The van der Waals surface area contributed by atoms with Gasteiger partial charge in [0.1, 0.15) is 12.2 Å². The van der Waals surface area contributed by atoms with E-state index in [-0.39, 0.29) is 4.90 Å². The van der Waals surface area contributed by atoms with Gasteiger partial charge in [0.25, 0.3) is 15.7 Å². The standard InChI is InChI=1S/C23H24N2O8S/c1-3-23-19(32-22(33-23)11-4-5-12-22)17(31-20(23)25-13-10-18(26)24-21(25)27)14-30-34(28,29)16-8-6-15(2)7-9-16/h1,6-10,13,17,19-20H,4-5,11-12,14H2,2H3,(H,24,26,27)/t17-,19-,20-,23-/m1/s1. The molecule has 3 aliphatic rings. The lowest BCUT2D eigenvalue weighted by molar-refractivity contribution is -0.225. The van der Waals surface area contributed by atoms with Crippen LogP contribution in [0.4, 0.5) is 0 Å². The smallest absolute Gasteiger partial charge is 0.330 e. The van der Waals surface area contributed by atoms with E-state index >= 15 is 0 Å². The molecule has 4 atom stereocenters. The van der Waals surface area contributed by atoms with Gasteiger partial charge in [0.05, 0.1) is 11.5 Å². The maximum absolute atomic E-state index is 12.7. The van der Waals surface area contributed by atoms with Gasteiger partial charge in [-0.15, -0.1) is 6.42 Å². The third-order valence-corrected chi connectivity index (χ3v) is 7.82. The predicted octanol–water partition coefficient (Wildman–Crippen LogP) is 1.21. The molecule has 2 aromatic rings. The van der Waals surface area contributed by atoms with Crippen LogP contribution in [0, 0.1) is 19.3 Å². The van der Waals surface area contributed by atoms with Gasteiger partial charge >= 0.3 is 5.69 Å². The number of ether oxygens (including phenoxy) is 3. The summed E-state index contributed by atoms with van der Waals surface area (Å²) in [6, 6.07) is 7.41. The minimum Gasteiger partial charge on any atom is -0.345 e. The van der Waals surface area contributed by atoms with Gasteiger partial charge in [-0.1, -0.05) is 23.6 Å². The molecule has 2 saturated heterocycles. The van der Waals surface area contributed by atoms with Crippen molar-refractivity contribution in [2.24, 2.45) is 0 Å². The maximum Gasteiger partial charge on any atom is 0.330 e. The summed E-state index contributed by atoms with van der Waals surface area (Å²) in [6.45, 7) is 1.44. The first-order valence-corrected chi connectivity index (χ1v) is 12.4. The minimum absolute atomic E-state index is 0.00330. The van der Waals surface area contributed by atoms with Crippen LogP contribution >= 0.6 is 0 Å². The summed E-state index contributed by atoms with van der Waals surface area (Å²) in [6.07, 6.45) is 7.14. The molecular formula is C23H24N2O8S. The number of benzene rings is 1. The molecule has 34 heavy (non-hydrogen) atoms. The molecule has 11 heteroatoms. The number of fused-ring (bicyclic) bond motifs is 1. The van der Waals surface area contributed by atoms with Crippen molar-refractivity contribution >= 4 is 10.1 Å². The van der Waals surface area contributed by atoms with E-state index in [0.717, 1.165) is 29.0 Å². The van der Waals surface area contributed by atoms with E-state index < -0.39 is 57.8 Å². The third-order valence-electron chi connectivity index (χ3n) is 6.52. The molecule has 10 nitrogen and oxygen atoms in total. The summed E-state index contributed by atoms with van der Waals surface area (Å²) in [4.78, 5) is 26.3. The van der Waals surface area contributed by atoms with E-state index in [4.69, 9.17) is 24.8 Å². The molecule has 0 bridgehead atoms. The average molecular weight is 489 g/mol. The highest BCUT2D eigenvalue weighted by atomic mass is 32.2. The maximum atomic E-state index is 12.7. The number of hydrogen-bond donors (Lipinski definition) is 1. The van der Waals surface area contributed by atoms with Crippen molar-refractivity contribution in [3.8, 4) is 12.3 Å². The van der Waals surface area contributed by atoms with Crippen LogP contribution in [0.1, 0.15) is 37.5 Å². The van der Waals surface area contributed by atoms with Gasteiger partial charge in [-0.25, -0.2) is 4.79 Å². The molecule has 3 fully saturated rings. The lowest BCUT2D eigenvalue weighted by atomic mass is 9.95. The van der Waals surface area contributed by atoms with E-state index in [2.05, 4.69) is 10.9 Å². The summed E-state index contributed by atoms with van der Waals surface area (Å²) in [7, 11) is -4.09. The zero-order valence-corrected chi connectivity index (χ0v) is 19.2. The van der Waals surface area contributed by atoms with E-state index in [0.29, 0.717) is 12.8 Å². The molecule has 5 rings (SSSR count). The van der Waals surface area contributed by atoms with Crippen molar-refractivity contribution < 1.29 is 26.8 Å².